The molecule has 1 heterocycles. The maximum atomic E-state index is 5.77. The highest BCUT2D eigenvalue weighted by Gasteiger charge is 2.28. The fourth-order valence-corrected chi connectivity index (χ4v) is 2.40. The van der Waals surface area contributed by atoms with Crippen molar-refractivity contribution in [1.82, 2.24) is 10.2 Å². The van der Waals surface area contributed by atoms with E-state index in [2.05, 4.69) is 31.0 Å². The number of hydrogen-bond donors (Lipinski definition) is 1. The first kappa shape index (κ1) is 14.4. The number of rotatable bonds is 4. The Kier molecular flexibility index (Phi) is 4.83. The maximum absolute atomic E-state index is 5.77. The van der Waals surface area contributed by atoms with Gasteiger partial charge in [0.2, 0.25) is 0 Å². The smallest absolute Gasteiger partial charge is 0.119 e. The molecule has 1 unspecified atom stereocenters. The summed E-state index contributed by atoms with van der Waals surface area (Å²) in [5, 5.41) is 3.61. The molecule has 1 aromatic carbocycles. The van der Waals surface area contributed by atoms with Crippen LogP contribution in [0.15, 0.2) is 30.3 Å². The van der Waals surface area contributed by atoms with Gasteiger partial charge in [-0.3, -0.25) is 4.90 Å². The SMILES string of the molecule is CC(C)(C)C1CN(CCOc2ccccc2)CCN1. The number of piperazine rings is 1. The average molecular weight is 262 g/mol. The molecule has 19 heavy (non-hydrogen) atoms. The van der Waals surface area contributed by atoms with Gasteiger partial charge < -0.3 is 10.1 Å². The van der Waals surface area contributed by atoms with E-state index in [0.717, 1.165) is 38.5 Å². The summed E-state index contributed by atoms with van der Waals surface area (Å²) in [5.41, 5.74) is 0.318. The van der Waals surface area contributed by atoms with Crippen LogP contribution in [0.5, 0.6) is 5.75 Å². The van der Waals surface area contributed by atoms with Crippen molar-refractivity contribution in [2.45, 2.75) is 26.8 Å². The molecule has 1 aliphatic rings. The Bertz CT molecular complexity index is 372. The van der Waals surface area contributed by atoms with E-state index >= 15 is 0 Å². The summed E-state index contributed by atoms with van der Waals surface area (Å²) in [5.74, 6) is 0.963. The molecule has 0 radical (unpaired) electrons. The summed E-state index contributed by atoms with van der Waals surface area (Å²) in [7, 11) is 0. The second kappa shape index (κ2) is 6.40. The number of para-hydroxylation sites is 1. The summed E-state index contributed by atoms with van der Waals surface area (Å²) in [6, 6.07) is 10.6. The Hall–Kier alpha value is -1.06. The van der Waals surface area contributed by atoms with Gasteiger partial charge in [-0.05, 0) is 17.5 Å². The highest BCUT2D eigenvalue weighted by Crippen LogP contribution is 2.21. The second-order valence-corrected chi connectivity index (χ2v) is 6.33. The summed E-state index contributed by atoms with van der Waals surface area (Å²) in [6.45, 7) is 12.0. The van der Waals surface area contributed by atoms with E-state index in [1.807, 2.05) is 30.3 Å². The molecule has 1 N–H and O–H groups in total. The minimum absolute atomic E-state index is 0.318. The molecule has 0 aliphatic carbocycles. The van der Waals surface area contributed by atoms with Crippen LogP contribution in [0.2, 0.25) is 0 Å². The molecule has 1 fully saturated rings. The molecule has 3 heteroatoms. The largest absolute Gasteiger partial charge is 0.492 e. The first-order chi connectivity index (χ1) is 9.05. The van der Waals surface area contributed by atoms with E-state index in [-0.39, 0.29) is 0 Å². The number of nitrogens with one attached hydrogen (secondary N) is 1. The fraction of sp³-hybridized carbons (Fsp3) is 0.625. The van der Waals surface area contributed by atoms with Crippen LogP contribution in [0.3, 0.4) is 0 Å². The van der Waals surface area contributed by atoms with Gasteiger partial charge in [-0.2, -0.15) is 0 Å². The van der Waals surface area contributed by atoms with Gasteiger partial charge in [-0.1, -0.05) is 39.0 Å². The zero-order valence-corrected chi connectivity index (χ0v) is 12.4. The van der Waals surface area contributed by atoms with Crippen molar-refractivity contribution in [1.29, 1.82) is 0 Å². The van der Waals surface area contributed by atoms with Crippen LogP contribution >= 0.6 is 0 Å². The molecule has 1 aliphatic heterocycles. The number of benzene rings is 1. The van der Waals surface area contributed by atoms with Crippen LogP contribution in [0.4, 0.5) is 0 Å². The summed E-state index contributed by atoms with van der Waals surface area (Å²) >= 11 is 0. The van der Waals surface area contributed by atoms with E-state index in [9.17, 15) is 0 Å². The second-order valence-electron chi connectivity index (χ2n) is 6.33. The first-order valence-electron chi connectivity index (χ1n) is 7.19. The zero-order chi connectivity index (χ0) is 13.7. The molecular weight excluding hydrogens is 236 g/mol. The van der Waals surface area contributed by atoms with Crippen LogP contribution in [-0.4, -0.2) is 43.7 Å². The van der Waals surface area contributed by atoms with Gasteiger partial charge in [0.15, 0.2) is 0 Å². The van der Waals surface area contributed by atoms with E-state index in [1.165, 1.54) is 0 Å². The van der Waals surface area contributed by atoms with Gasteiger partial charge in [0.25, 0.3) is 0 Å². The van der Waals surface area contributed by atoms with E-state index in [4.69, 9.17) is 4.74 Å². The molecule has 0 bridgehead atoms. The molecule has 1 aromatic rings. The molecule has 106 valence electrons. The van der Waals surface area contributed by atoms with Crippen molar-refractivity contribution in [3.63, 3.8) is 0 Å². The fourth-order valence-electron chi connectivity index (χ4n) is 2.40. The highest BCUT2D eigenvalue weighted by atomic mass is 16.5. The third-order valence-electron chi connectivity index (χ3n) is 3.72. The van der Waals surface area contributed by atoms with Crippen LogP contribution in [0.25, 0.3) is 0 Å². The summed E-state index contributed by atoms with van der Waals surface area (Å²) in [4.78, 5) is 2.50. The monoisotopic (exact) mass is 262 g/mol. The Labute approximate surface area is 116 Å². The lowest BCUT2D eigenvalue weighted by atomic mass is 9.85. The van der Waals surface area contributed by atoms with Crippen LogP contribution < -0.4 is 10.1 Å². The van der Waals surface area contributed by atoms with Crippen molar-refractivity contribution in [2.24, 2.45) is 5.41 Å². The minimum atomic E-state index is 0.318. The molecule has 2 rings (SSSR count). The van der Waals surface area contributed by atoms with Gasteiger partial charge in [0.1, 0.15) is 12.4 Å². The predicted octanol–water partition coefficient (Wildman–Crippen LogP) is 2.39. The quantitative estimate of drug-likeness (QED) is 0.901. The molecule has 1 atom stereocenters. The Morgan fingerprint density at radius 3 is 2.68 bits per heavy atom. The molecule has 1 saturated heterocycles. The van der Waals surface area contributed by atoms with Crippen molar-refractivity contribution in [3.05, 3.63) is 30.3 Å². The van der Waals surface area contributed by atoms with Gasteiger partial charge in [0.05, 0.1) is 0 Å². The molecule has 0 aromatic heterocycles. The lowest BCUT2D eigenvalue weighted by molar-refractivity contribution is 0.118. The highest BCUT2D eigenvalue weighted by molar-refractivity contribution is 5.20. The van der Waals surface area contributed by atoms with Crippen molar-refractivity contribution in [2.75, 3.05) is 32.8 Å². The average Bonchev–Trinajstić information content (AvgIpc) is 2.39. The standard InChI is InChI=1S/C16H26N2O/c1-16(2,3)15-13-18(10-9-17-15)11-12-19-14-7-5-4-6-8-14/h4-8,15,17H,9-13H2,1-3H3. The van der Waals surface area contributed by atoms with Crippen molar-refractivity contribution in [3.8, 4) is 5.75 Å². The summed E-state index contributed by atoms with van der Waals surface area (Å²) < 4.78 is 5.77. The third kappa shape index (κ3) is 4.51. The van der Waals surface area contributed by atoms with E-state index < -0.39 is 0 Å². The Morgan fingerprint density at radius 2 is 2.00 bits per heavy atom. The normalized spacial score (nSPS) is 21.3. The van der Waals surface area contributed by atoms with Crippen molar-refractivity contribution < 1.29 is 4.74 Å². The van der Waals surface area contributed by atoms with Crippen LogP contribution in [0.1, 0.15) is 20.8 Å². The van der Waals surface area contributed by atoms with Gasteiger partial charge >= 0.3 is 0 Å². The summed E-state index contributed by atoms with van der Waals surface area (Å²) in [6.07, 6.45) is 0. The van der Waals surface area contributed by atoms with Gasteiger partial charge in [0, 0.05) is 32.2 Å². The number of ether oxygens (including phenoxy) is 1. The van der Waals surface area contributed by atoms with Crippen molar-refractivity contribution >= 4 is 0 Å². The Balaban J connectivity index is 1.74. The maximum Gasteiger partial charge on any atom is 0.119 e. The molecule has 3 nitrogen and oxygen atoms in total. The van der Waals surface area contributed by atoms with Gasteiger partial charge in [-0.15, -0.1) is 0 Å². The lowest BCUT2D eigenvalue weighted by Gasteiger charge is -2.40. The van der Waals surface area contributed by atoms with E-state index in [1.54, 1.807) is 0 Å². The van der Waals surface area contributed by atoms with Crippen LogP contribution in [0, 0.1) is 5.41 Å². The first-order valence-corrected chi connectivity index (χ1v) is 7.19. The molecular formula is C16H26N2O. The van der Waals surface area contributed by atoms with Gasteiger partial charge in [-0.25, -0.2) is 0 Å². The zero-order valence-electron chi connectivity index (χ0n) is 12.4. The Morgan fingerprint density at radius 1 is 1.26 bits per heavy atom. The third-order valence-corrected chi connectivity index (χ3v) is 3.72. The number of nitrogens with zero attached hydrogens (tertiary/aromatic N) is 1. The van der Waals surface area contributed by atoms with Crippen LogP contribution in [-0.2, 0) is 0 Å². The molecule has 0 spiro atoms. The van der Waals surface area contributed by atoms with E-state index in [0.29, 0.717) is 11.5 Å². The minimum Gasteiger partial charge on any atom is -0.492 e. The molecule has 0 saturated carbocycles. The predicted molar refractivity (Wildman–Crippen MR) is 79.6 cm³/mol. The topological polar surface area (TPSA) is 24.5 Å². The number of hydrogen-bond acceptors (Lipinski definition) is 3. The molecule has 0 amide bonds. The lowest BCUT2D eigenvalue weighted by Crippen LogP contribution is -2.56.